The number of methoxy groups -OCH3 is 1. The minimum atomic E-state index is -3.98. The Bertz CT molecular complexity index is 1240. The fourth-order valence-corrected chi connectivity index (χ4v) is 5.94. The number of amidine groups is 1. The van der Waals surface area contributed by atoms with E-state index < -0.39 is 10.0 Å². The molecule has 0 atom stereocenters. The van der Waals surface area contributed by atoms with Crippen LogP contribution in [-0.4, -0.2) is 44.7 Å². The summed E-state index contributed by atoms with van der Waals surface area (Å²) in [6.07, 6.45) is 10.2. The molecule has 3 rings (SSSR count). The quantitative estimate of drug-likeness (QED) is 0.159. The first-order valence-corrected chi connectivity index (χ1v) is 14.7. The van der Waals surface area contributed by atoms with E-state index in [-0.39, 0.29) is 22.5 Å². The summed E-state index contributed by atoms with van der Waals surface area (Å²) in [5, 5.41) is 0.0908. The summed E-state index contributed by atoms with van der Waals surface area (Å²) in [4.78, 5) is 14.8. The van der Waals surface area contributed by atoms with Gasteiger partial charge in [-0.3, -0.25) is 9.69 Å². The van der Waals surface area contributed by atoms with E-state index >= 15 is 0 Å². The summed E-state index contributed by atoms with van der Waals surface area (Å²) in [7, 11) is -2.39. The Labute approximate surface area is 224 Å². The molecule has 0 radical (unpaired) electrons. The van der Waals surface area contributed by atoms with Crippen molar-refractivity contribution in [3.8, 4) is 11.5 Å². The summed E-state index contributed by atoms with van der Waals surface area (Å²) < 4.78 is 41.0. The molecule has 198 valence electrons. The third-order valence-electron chi connectivity index (χ3n) is 5.68. The van der Waals surface area contributed by atoms with Crippen LogP contribution >= 0.6 is 11.8 Å². The molecule has 1 heterocycles. The maximum absolute atomic E-state index is 13.1. The molecule has 2 aromatic rings. The van der Waals surface area contributed by atoms with E-state index in [0.717, 1.165) is 30.2 Å². The van der Waals surface area contributed by atoms with Gasteiger partial charge in [0.15, 0.2) is 16.7 Å². The highest BCUT2D eigenvalue weighted by atomic mass is 32.2. The van der Waals surface area contributed by atoms with Crippen molar-refractivity contribution in [1.29, 1.82) is 0 Å². The number of carbonyl (C=O) groups excluding carboxylic acids is 1. The third kappa shape index (κ3) is 7.97. The first-order valence-electron chi connectivity index (χ1n) is 12.4. The molecular weight excluding hydrogens is 508 g/mol. The van der Waals surface area contributed by atoms with Crippen LogP contribution in [0.4, 0.5) is 0 Å². The molecule has 37 heavy (non-hydrogen) atoms. The molecular formula is C28H34N2O5S2. The molecule has 7 nitrogen and oxygen atoms in total. The molecule has 1 aliphatic heterocycles. The maximum atomic E-state index is 13.1. The molecule has 0 bridgehead atoms. The molecule has 0 aliphatic carbocycles. The van der Waals surface area contributed by atoms with Gasteiger partial charge in [0.05, 0.1) is 23.5 Å². The second-order valence-electron chi connectivity index (χ2n) is 8.50. The number of hydrogen-bond acceptors (Lipinski definition) is 6. The largest absolute Gasteiger partial charge is 0.493 e. The Kier molecular flexibility index (Phi) is 10.8. The molecule has 0 spiro atoms. The molecule has 2 aromatic carbocycles. The maximum Gasteiger partial charge on any atom is 0.284 e. The van der Waals surface area contributed by atoms with Crippen molar-refractivity contribution < 1.29 is 22.7 Å². The fraction of sp³-hybridized carbons (Fsp3) is 0.357. The van der Waals surface area contributed by atoms with E-state index in [0.29, 0.717) is 23.0 Å². The van der Waals surface area contributed by atoms with Crippen LogP contribution in [0, 0.1) is 0 Å². The van der Waals surface area contributed by atoms with Gasteiger partial charge in [-0.15, -0.1) is 11.0 Å². The van der Waals surface area contributed by atoms with E-state index in [1.807, 2.05) is 12.1 Å². The highest BCUT2D eigenvalue weighted by Gasteiger charge is 2.34. The average Bonchev–Trinajstić information content (AvgIpc) is 3.17. The van der Waals surface area contributed by atoms with Gasteiger partial charge in [-0.05, 0) is 54.1 Å². The molecule has 1 saturated heterocycles. The van der Waals surface area contributed by atoms with Gasteiger partial charge in [0.1, 0.15) is 0 Å². The van der Waals surface area contributed by atoms with Crippen LogP contribution in [-0.2, 0) is 14.8 Å². The lowest BCUT2D eigenvalue weighted by Crippen LogP contribution is -2.29. The second-order valence-corrected chi connectivity index (χ2v) is 11.1. The first kappa shape index (κ1) is 28.5. The lowest BCUT2D eigenvalue weighted by molar-refractivity contribution is -0.121. The number of nitrogens with zero attached hydrogens (tertiary/aromatic N) is 2. The average molecular weight is 543 g/mol. The zero-order valence-corrected chi connectivity index (χ0v) is 23.0. The van der Waals surface area contributed by atoms with Gasteiger partial charge in [-0.2, -0.15) is 8.42 Å². The van der Waals surface area contributed by atoms with Gasteiger partial charge in [-0.25, -0.2) is 0 Å². The Morgan fingerprint density at radius 3 is 2.46 bits per heavy atom. The van der Waals surface area contributed by atoms with Crippen LogP contribution in [0.25, 0.3) is 6.08 Å². The Balaban J connectivity index is 1.79. The standard InChI is InChI=1S/C28H34N2O5S2/c1-4-6-7-8-9-13-19-35-25-20-22(16-17-24(25)34-3)21-26-27(31)30(18-5-2)28(36-26)29-37(32,33)23-14-11-10-12-15-23/h5,10-12,14-17,20-21H,2,4,6-9,13,18-19H2,1,3H3. The number of amides is 1. The second kappa shape index (κ2) is 14.0. The van der Waals surface area contributed by atoms with Crippen LogP contribution in [0.3, 0.4) is 0 Å². The van der Waals surface area contributed by atoms with Gasteiger partial charge in [-0.1, -0.05) is 69.4 Å². The van der Waals surface area contributed by atoms with Crippen molar-refractivity contribution in [2.45, 2.75) is 50.3 Å². The summed E-state index contributed by atoms with van der Waals surface area (Å²) in [6.45, 7) is 6.61. The number of benzene rings is 2. The summed E-state index contributed by atoms with van der Waals surface area (Å²) in [6, 6.07) is 13.4. The van der Waals surface area contributed by atoms with Gasteiger partial charge in [0.25, 0.3) is 15.9 Å². The van der Waals surface area contributed by atoms with Crippen LogP contribution in [0.1, 0.15) is 51.0 Å². The fourth-order valence-electron chi connectivity index (χ4n) is 3.73. The van der Waals surface area contributed by atoms with Gasteiger partial charge in [0, 0.05) is 6.54 Å². The van der Waals surface area contributed by atoms with Gasteiger partial charge < -0.3 is 9.47 Å². The molecule has 0 unspecified atom stereocenters. The summed E-state index contributed by atoms with van der Waals surface area (Å²) in [5.41, 5.74) is 0.736. The minimum absolute atomic E-state index is 0.0637. The molecule has 9 heteroatoms. The number of thioether (sulfide) groups is 1. The molecule has 0 aromatic heterocycles. The topological polar surface area (TPSA) is 85.3 Å². The van der Waals surface area contributed by atoms with E-state index in [1.165, 1.54) is 48.8 Å². The smallest absolute Gasteiger partial charge is 0.284 e. The highest BCUT2D eigenvalue weighted by molar-refractivity contribution is 8.19. The van der Waals surface area contributed by atoms with E-state index in [9.17, 15) is 13.2 Å². The van der Waals surface area contributed by atoms with Crippen LogP contribution in [0.2, 0.25) is 0 Å². The van der Waals surface area contributed by atoms with Crippen molar-refractivity contribution >= 4 is 38.9 Å². The zero-order chi connectivity index (χ0) is 26.7. The minimum Gasteiger partial charge on any atom is -0.493 e. The lowest BCUT2D eigenvalue weighted by Gasteiger charge is -2.12. The van der Waals surface area contributed by atoms with Gasteiger partial charge in [0.2, 0.25) is 0 Å². The summed E-state index contributed by atoms with van der Waals surface area (Å²) >= 11 is 1.02. The van der Waals surface area contributed by atoms with E-state index in [2.05, 4.69) is 17.9 Å². The van der Waals surface area contributed by atoms with Crippen LogP contribution in [0.5, 0.6) is 11.5 Å². The molecule has 0 N–H and O–H groups in total. The van der Waals surface area contributed by atoms with E-state index in [1.54, 1.807) is 37.5 Å². The van der Waals surface area contributed by atoms with Crippen molar-refractivity contribution in [2.75, 3.05) is 20.3 Å². The number of unbranched alkanes of at least 4 members (excludes halogenated alkanes) is 5. The predicted octanol–water partition coefficient (Wildman–Crippen LogP) is 6.28. The van der Waals surface area contributed by atoms with Crippen molar-refractivity contribution in [3.05, 3.63) is 71.7 Å². The normalized spacial score (nSPS) is 15.9. The molecule has 1 fully saturated rings. The number of rotatable bonds is 14. The van der Waals surface area contributed by atoms with Gasteiger partial charge >= 0.3 is 0 Å². The Morgan fingerprint density at radius 2 is 1.76 bits per heavy atom. The van der Waals surface area contributed by atoms with Crippen LogP contribution in [0.15, 0.2) is 75.4 Å². The van der Waals surface area contributed by atoms with E-state index in [4.69, 9.17) is 9.47 Å². The summed E-state index contributed by atoms with van der Waals surface area (Å²) in [5.74, 6) is 0.879. The van der Waals surface area contributed by atoms with Crippen molar-refractivity contribution in [3.63, 3.8) is 0 Å². The number of carbonyl (C=O) groups is 1. The van der Waals surface area contributed by atoms with Crippen molar-refractivity contribution in [1.82, 2.24) is 4.90 Å². The monoisotopic (exact) mass is 542 g/mol. The third-order valence-corrected chi connectivity index (χ3v) is 8.08. The SMILES string of the molecule is C=CCN1C(=O)C(=Cc2ccc(OC)c(OCCCCCCCC)c2)SC1=NS(=O)(=O)c1ccccc1. The zero-order valence-electron chi connectivity index (χ0n) is 21.4. The highest BCUT2D eigenvalue weighted by Crippen LogP contribution is 2.35. The van der Waals surface area contributed by atoms with Crippen molar-refractivity contribution in [2.24, 2.45) is 4.40 Å². The first-order chi connectivity index (χ1) is 17.9. The number of sulfonamides is 1. The number of ether oxygens (including phenoxy) is 2. The Hall–Kier alpha value is -3.04. The Morgan fingerprint density at radius 1 is 1.03 bits per heavy atom. The lowest BCUT2D eigenvalue weighted by atomic mass is 10.1. The molecule has 1 amide bonds. The van der Waals surface area contributed by atoms with Crippen LogP contribution < -0.4 is 9.47 Å². The molecule has 1 aliphatic rings. The predicted molar refractivity (Wildman–Crippen MR) is 150 cm³/mol. The number of hydrogen-bond donors (Lipinski definition) is 0. The molecule has 0 saturated carbocycles.